The summed E-state index contributed by atoms with van der Waals surface area (Å²) in [5.74, 6) is 2.87. The molecule has 3 atom stereocenters. The summed E-state index contributed by atoms with van der Waals surface area (Å²) in [6, 6.07) is 0.443. The van der Waals surface area contributed by atoms with E-state index < -0.39 is 0 Å². The van der Waals surface area contributed by atoms with Crippen molar-refractivity contribution in [1.82, 2.24) is 10.2 Å². The van der Waals surface area contributed by atoms with E-state index in [2.05, 4.69) is 10.2 Å². The standard InChI is InChI=1S/C15H26N2O2S/c18-15(12-3-1-6-16-9-12)17(13-5-8-20-11-13)10-14-4-2-7-19-14/h12-14,16H,1-11H2. The Labute approximate surface area is 126 Å². The van der Waals surface area contributed by atoms with Crippen molar-refractivity contribution in [2.24, 2.45) is 5.92 Å². The third-order valence-electron chi connectivity index (χ3n) is 4.70. The number of carbonyl (C=O) groups excluding carboxylic acids is 1. The highest BCUT2D eigenvalue weighted by molar-refractivity contribution is 7.99. The molecule has 0 aromatic carbocycles. The maximum atomic E-state index is 12.9. The molecule has 0 saturated carbocycles. The average Bonchev–Trinajstić information content (AvgIpc) is 3.18. The quantitative estimate of drug-likeness (QED) is 0.854. The lowest BCUT2D eigenvalue weighted by atomic mass is 9.97. The number of hydrogen-bond acceptors (Lipinski definition) is 4. The predicted octanol–water partition coefficient (Wildman–Crippen LogP) is 1.50. The molecule has 1 amide bonds. The molecule has 4 nitrogen and oxygen atoms in total. The van der Waals surface area contributed by atoms with Gasteiger partial charge in [0.05, 0.1) is 12.0 Å². The number of thioether (sulfide) groups is 1. The van der Waals surface area contributed by atoms with Gasteiger partial charge in [0.2, 0.25) is 5.91 Å². The molecule has 0 bridgehead atoms. The van der Waals surface area contributed by atoms with E-state index in [9.17, 15) is 4.79 Å². The van der Waals surface area contributed by atoms with Crippen LogP contribution >= 0.6 is 11.8 Å². The number of hydrogen-bond donors (Lipinski definition) is 1. The Morgan fingerprint density at radius 2 is 2.25 bits per heavy atom. The molecule has 3 aliphatic heterocycles. The van der Waals surface area contributed by atoms with Gasteiger partial charge in [0.25, 0.3) is 0 Å². The van der Waals surface area contributed by atoms with E-state index >= 15 is 0 Å². The first kappa shape index (κ1) is 14.7. The topological polar surface area (TPSA) is 41.6 Å². The third-order valence-corrected chi connectivity index (χ3v) is 5.84. The van der Waals surface area contributed by atoms with Crippen LogP contribution in [0.15, 0.2) is 0 Å². The molecular weight excluding hydrogens is 272 g/mol. The van der Waals surface area contributed by atoms with Crippen LogP contribution in [-0.2, 0) is 9.53 Å². The number of carbonyl (C=O) groups is 1. The van der Waals surface area contributed by atoms with Crippen LogP contribution in [0, 0.1) is 5.92 Å². The third kappa shape index (κ3) is 3.49. The summed E-state index contributed by atoms with van der Waals surface area (Å²) < 4.78 is 5.76. The van der Waals surface area contributed by atoms with E-state index in [0.717, 1.165) is 64.1 Å². The largest absolute Gasteiger partial charge is 0.376 e. The van der Waals surface area contributed by atoms with Gasteiger partial charge < -0.3 is 15.0 Å². The molecule has 3 heterocycles. The fraction of sp³-hybridized carbons (Fsp3) is 0.933. The molecule has 3 fully saturated rings. The van der Waals surface area contributed by atoms with Gasteiger partial charge in [0.1, 0.15) is 0 Å². The summed E-state index contributed by atoms with van der Waals surface area (Å²) in [5.41, 5.74) is 0. The lowest BCUT2D eigenvalue weighted by Crippen LogP contribution is -2.50. The molecular formula is C15H26N2O2S. The van der Waals surface area contributed by atoms with Gasteiger partial charge in [-0.2, -0.15) is 11.8 Å². The summed E-state index contributed by atoms with van der Waals surface area (Å²) in [6.07, 6.45) is 5.88. The fourth-order valence-electron chi connectivity index (χ4n) is 3.49. The van der Waals surface area contributed by atoms with Crippen molar-refractivity contribution in [2.45, 2.75) is 44.2 Å². The van der Waals surface area contributed by atoms with Crippen LogP contribution in [0.2, 0.25) is 0 Å². The van der Waals surface area contributed by atoms with Crippen molar-refractivity contribution >= 4 is 17.7 Å². The number of amides is 1. The molecule has 3 unspecified atom stereocenters. The number of nitrogens with zero attached hydrogens (tertiary/aromatic N) is 1. The first-order valence-corrected chi connectivity index (χ1v) is 9.20. The summed E-state index contributed by atoms with van der Waals surface area (Å²) in [5, 5.41) is 3.37. The minimum atomic E-state index is 0.191. The van der Waals surface area contributed by atoms with Crippen molar-refractivity contribution in [3.63, 3.8) is 0 Å². The first-order valence-electron chi connectivity index (χ1n) is 8.05. The summed E-state index contributed by atoms with van der Waals surface area (Å²) in [6.45, 7) is 3.62. The zero-order chi connectivity index (χ0) is 13.8. The van der Waals surface area contributed by atoms with E-state index in [1.807, 2.05) is 11.8 Å². The van der Waals surface area contributed by atoms with Crippen LogP contribution in [0.25, 0.3) is 0 Å². The van der Waals surface area contributed by atoms with Gasteiger partial charge in [-0.3, -0.25) is 4.79 Å². The predicted molar refractivity (Wildman–Crippen MR) is 82.0 cm³/mol. The Morgan fingerprint density at radius 3 is 2.90 bits per heavy atom. The van der Waals surface area contributed by atoms with Crippen LogP contribution in [0.5, 0.6) is 0 Å². The zero-order valence-electron chi connectivity index (χ0n) is 12.2. The molecule has 20 heavy (non-hydrogen) atoms. The van der Waals surface area contributed by atoms with Crippen molar-refractivity contribution in [1.29, 1.82) is 0 Å². The Kier molecular flexibility index (Phi) is 5.24. The molecule has 114 valence electrons. The normalized spacial score (nSPS) is 34.3. The van der Waals surface area contributed by atoms with E-state index in [4.69, 9.17) is 4.74 Å². The second kappa shape index (κ2) is 7.14. The number of nitrogens with one attached hydrogen (secondary N) is 1. The van der Waals surface area contributed by atoms with Gasteiger partial charge in [0.15, 0.2) is 0 Å². The highest BCUT2D eigenvalue weighted by Gasteiger charge is 2.34. The monoisotopic (exact) mass is 298 g/mol. The first-order chi connectivity index (χ1) is 9.84. The second-order valence-corrected chi connectivity index (χ2v) is 7.34. The van der Waals surface area contributed by atoms with Crippen LogP contribution in [0.4, 0.5) is 0 Å². The van der Waals surface area contributed by atoms with Gasteiger partial charge in [-0.1, -0.05) is 0 Å². The van der Waals surface area contributed by atoms with Crippen LogP contribution < -0.4 is 5.32 Å². The molecule has 0 aliphatic carbocycles. The minimum absolute atomic E-state index is 0.191. The van der Waals surface area contributed by atoms with Crippen molar-refractivity contribution < 1.29 is 9.53 Å². The zero-order valence-corrected chi connectivity index (χ0v) is 13.0. The number of rotatable bonds is 4. The maximum absolute atomic E-state index is 12.9. The van der Waals surface area contributed by atoms with Crippen LogP contribution in [0.3, 0.4) is 0 Å². The lowest BCUT2D eigenvalue weighted by Gasteiger charge is -2.35. The SMILES string of the molecule is O=C(C1CCCNC1)N(CC1CCCO1)C1CCSC1. The van der Waals surface area contributed by atoms with Gasteiger partial charge in [-0.05, 0) is 44.4 Å². The number of piperidine rings is 1. The molecule has 3 rings (SSSR count). The van der Waals surface area contributed by atoms with E-state index in [-0.39, 0.29) is 12.0 Å². The van der Waals surface area contributed by atoms with Gasteiger partial charge in [-0.15, -0.1) is 0 Å². The average molecular weight is 298 g/mol. The summed E-state index contributed by atoms with van der Waals surface area (Å²) >= 11 is 1.98. The molecule has 5 heteroatoms. The summed E-state index contributed by atoms with van der Waals surface area (Å²) in [7, 11) is 0. The molecule has 1 N–H and O–H groups in total. The minimum Gasteiger partial charge on any atom is -0.376 e. The smallest absolute Gasteiger partial charge is 0.227 e. The molecule has 0 aromatic heterocycles. The Bertz CT molecular complexity index is 322. The lowest BCUT2D eigenvalue weighted by molar-refractivity contribution is -0.139. The Hall–Kier alpha value is -0.260. The molecule has 3 saturated heterocycles. The molecule has 0 radical (unpaired) electrons. The highest BCUT2D eigenvalue weighted by atomic mass is 32.2. The maximum Gasteiger partial charge on any atom is 0.227 e. The van der Waals surface area contributed by atoms with Gasteiger partial charge >= 0.3 is 0 Å². The summed E-state index contributed by atoms with van der Waals surface area (Å²) in [4.78, 5) is 15.1. The molecule has 3 aliphatic rings. The van der Waals surface area contributed by atoms with E-state index in [1.54, 1.807) is 0 Å². The molecule has 0 aromatic rings. The van der Waals surface area contributed by atoms with Gasteiger partial charge in [0, 0.05) is 31.5 Å². The molecule has 0 spiro atoms. The van der Waals surface area contributed by atoms with Crippen LogP contribution in [0.1, 0.15) is 32.1 Å². The van der Waals surface area contributed by atoms with Gasteiger partial charge in [-0.25, -0.2) is 0 Å². The van der Waals surface area contributed by atoms with Crippen LogP contribution in [-0.4, -0.2) is 60.7 Å². The Morgan fingerprint density at radius 1 is 1.30 bits per heavy atom. The van der Waals surface area contributed by atoms with E-state index in [1.165, 1.54) is 5.75 Å². The van der Waals surface area contributed by atoms with Crippen molar-refractivity contribution in [3.05, 3.63) is 0 Å². The Balaban J connectivity index is 1.64. The fourth-order valence-corrected chi connectivity index (χ4v) is 4.72. The number of ether oxygens (including phenoxy) is 1. The van der Waals surface area contributed by atoms with E-state index in [0.29, 0.717) is 11.9 Å². The highest BCUT2D eigenvalue weighted by Crippen LogP contribution is 2.27. The van der Waals surface area contributed by atoms with Crippen molar-refractivity contribution in [2.75, 3.05) is 37.7 Å². The van der Waals surface area contributed by atoms with Crippen molar-refractivity contribution in [3.8, 4) is 0 Å². The second-order valence-electron chi connectivity index (χ2n) is 6.19.